The highest BCUT2D eigenvalue weighted by Gasteiger charge is 2.40. The molecule has 5 rings (SSSR count). The molecule has 0 radical (unpaired) electrons. The van der Waals surface area contributed by atoms with Crippen LogP contribution in [0, 0.1) is 0 Å². The number of rotatable bonds is 4. The standard InChI is InChI=1S/C33H38N2O2/c1-7-34-27-12-10-9-11-25(27)32(3,4)29(34)19-15-22-13-14-23(31(22)37)16-20-30-33(5,6)26-21-24(36)17-18-28(26)35(30)8-2/h9-12,15-21,36H,7-8,13-14H2,1-6H3/b22-15+,23-16+,29-19+,30-20+. The summed E-state index contributed by atoms with van der Waals surface area (Å²) in [6, 6.07) is 14.2. The van der Waals surface area contributed by atoms with Crippen molar-refractivity contribution in [2.45, 2.75) is 65.2 Å². The van der Waals surface area contributed by atoms with Crippen molar-refractivity contribution in [1.29, 1.82) is 0 Å². The van der Waals surface area contributed by atoms with Gasteiger partial charge in [0, 0.05) is 57.8 Å². The summed E-state index contributed by atoms with van der Waals surface area (Å²) in [4.78, 5) is 18.0. The zero-order chi connectivity index (χ0) is 26.5. The zero-order valence-corrected chi connectivity index (χ0v) is 22.9. The summed E-state index contributed by atoms with van der Waals surface area (Å²) in [7, 11) is 0. The van der Waals surface area contributed by atoms with E-state index in [4.69, 9.17) is 0 Å². The van der Waals surface area contributed by atoms with Crippen molar-refractivity contribution in [2.75, 3.05) is 22.9 Å². The molecule has 0 amide bonds. The second kappa shape index (κ2) is 9.09. The molecule has 1 aliphatic carbocycles. The second-order valence-corrected chi connectivity index (χ2v) is 11.3. The summed E-state index contributed by atoms with van der Waals surface area (Å²) in [6.45, 7) is 14.9. The third-order valence-electron chi connectivity index (χ3n) is 8.44. The first-order valence-electron chi connectivity index (χ1n) is 13.5. The number of aromatic hydroxyl groups is 1. The maximum atomic E-state index is 13.4. The largest absolute Gasteiger partial charge is 0.508 e. The first kappa shape index (κ1) is 25.1. The number of fused-ring (bicyclic) bond motifs is 2. The maximum Gasteiger partial charge on any atom is 0.185 e. The number of likely N-dealkylation sites (N-methyl/N-ethyl adjacent to an activating group) is 2. The molecule has 4 nitrogen and oxygen atoms in total. The van der Waals surface area contributed by atoms with Crippen LogP contribution in [0.15, 0.2) is 89.3 Å². The van der Waals surface area contributed by atoms with Crippen LogP contribution >= 0.6 is 0 Å². The Morgan fingerprint density at radius 2 is 1.27 bits per heavy atom. The number of hydrogen-bond acceptors (Lipinski definition) is 4. The fraction of sp³-hybridized carbons (Fsp3) is 0.364. The van der Waals surface area contributed by atoms with Crippen molar-refractivity contribution in [3.05, 3.63) is 100 Å². The molecular formula is C33H38N2O2. The molecule has 0 spiro atoms. The Morgan fingerprint density at radius 1 is 0.757 bits per heavy atom. The lowest BCUT2D eigenvalue weighted by atomic mass is 9.83. The number of phenolic OH excluding ortho intramolecular Hbond substituents is 1. The molecule has 192 valence electrons. The van der Waals surface area contributed by atoms with E-state index >= 15 is 0 Å². The van der Waals surface area contributed by atoms with Crippen molar-refractivity contribution in [3.8, 4) is 5.75 Å². The normalized spacial score (nSPS) is 24.1. The van der Waals surface area contributed by atoms with Crippen molar-refractivity contribution in [3.63, 3.8) is 0 Å². The van der Waals surface area contributed by atoms with Crippen molar-refractivity contribution in [1.82, 2.24) is 0 Å². The number of allylic oxidation sites excluding steroid dienone is 8. The number of hydrogen-bond donors (Lipinski definition) is 1. The van der Waals surface area contributed by atoms with Crippen LogP contribution in [0.3, 0.4) is 0 Å². The molecule has 37 heavy (non-hydrogen) atoms. The van der Waals surface area contributed by atoms with Crippen LogP contribution in [0.4, 0.5) is 11.4 Å². The lowest BCUT2D eigenvalue weighted by molar-refractivity contribution is -0.111. The highest BCUT2D eigenvalue weighted by molar-refractivity contribution is 6.11. The van der Waals surface area contributed by atoms with E-state index in [-0.39, 0.29) is 22.4 Å². The topological polar surface area (TPSA) is 43.8 Å². The van der Waals surface area contributed by atoms with Crippen LogP contribution in [-0.4, -0.2) is 24.0 Å². The number of para-hydroxylation sites is 1. The van der Waals surface area contributed by atoms with Gasteiger partial charge in [-0.15, -0.1) is 0 Å². The minimum absolute atomic E-state index is 0.102. The van der Waals surface area contributed by atoms with E-state index in [0.29, 0.717) is 0 Å². The fourth-order valence-corrected chi connectivity index (χ4v) is 6.37. The third-order valence-corrected chi connectivity index (χ3v) is 8.44. The van der Waals surface area contributed by atoms with Gasteiger partial charge in [-0.1, -0.05) is 58.0 Å². The quantitative estimate of drug-likeness (QED) is 0.453. The molecule has 0 saturated heterocycles. The van der Waals surface area contributed by atoms with Crippen LogP contribution in [0.25, 0.3) is 0 Å². The predicted octanol–water partition coefficient (Wildman–Crippen LogP) is 7.31. The van der Waals surface area contributed by atoms with Crippen LogP contribution in [-0.2, 0) is 15.6 Å². The smallest absolute Gasteiger partial charge is 0.185 e. The van der Waals surface area contributed by atoms with Gasteiger partial charge in [0.05, 0.1) is 0 Å². The summed E-state index contributed by atoms with van der Waals surface area (Å²) in [6.07, 6.45) is 9.89. The van der Waals surface area contributed by atoms with E-state index in [0.717, 1.165) is 54.0 Å². The van der Waals surface area contributed by atoms with Crippen LogP contribution in [0.1, 0.15) is 65.5 Å². The third kappa shape index (κ3) is 3.94. The molecule has 3 aliphatic rings. The number of ketones is 1. The second-order valence-electron chi connectivity index (χ2n) is 11.3. The first-order valence-corrected chi connectivity index (χ1v) is 13.5. The molecule has 2 aromatic carbocycles. The lowest BCUT2D eigenvalue weighted by Crippen LogP contribution is -2.25. The van der Waals surface area contributed by atoms with E-state index in [2.05, 4.69) is 93.8 Å². The number of phenols is 1. The number of carbonyl (C=O) groups excluding carboxylic acids is 1. The predicted molar refractivity (Wildman–Crippen MR) is 153 cm³/mol. The Morgan fingerprint density at radius 3 is 1.84 bits per heavy atom. The van der Waals surface area contributed by atoms with E-state index in [9.17, 15) is 9.90 Å². The molecule has 0 aromatic heterocycles. The Kier molecular flexibility index (Phi) is 6.18. The minimum atomic E-state index is -0.251. The van der Waals surface area contributed by atoms with Gasteiger partial charge in [0.15, 0.2) is 5.78 Å². The Labute approximate surface area is 221 Å². The Balaban J connectivity index is 1.43. The number of carbonyl (C=O) groups is 1. The van der Waals surface area contributed by atoms with Crippen LogP contribution < -0.4 is 9.80 Å². The van der Waals surface area contributed by atoms with Gasteiger partial charge in [0.2, 0.25) is 0 Å². The number of nitrogens with zero attached hydrogens (tertiary/aromatic N) is 2. The summed E-state index contributed by atoms with van der Waals surface area (Å²) in [5.41, 5.74) is 8.62. The summed E-state index contributed by atoms with van der Waals surface area (Å²) in [5, 5.41) is 10.1. The average molecular weight is 495 g/mol. The van der Waals surface area contributed by atoms with Gasteiger partial charge in [-0.3, -0.25) is 4.79 Å². The fourth-order valence-electron chi connectivity index (χ4n) is 6.37. The molecular weight excluding hydrogens is 456 g/mol. The number of anilines is 2. The Hall–Kier alpha value is -3.53. The molecule has 2 aromatic rings. The van der Waals surface area contributed by atoms with Crippen LogP contribution in [0.2, 0.25) is 0 Å². The van der Waals surface area contributed by atoms with E-state index < -0.39 is 0 Å². The highest BCUT2D eigenvalue weighted by atomic mass is 16.3. The van der Waals surface area contributed by atoms with Gasteiger partial charge in [-0.25, -0.2) is 0 Å². The van der Waals surface area contributed by atoms with Gasteiger partial charge in [-0.05, 0) is 74.2 Å². The van der Waals surface area contributed by atoms with Crippen molar-refractivity contribution >= 4 is 17.2 Å². The van der Waals surface area contributed by atoms with E-state index in [1.54, 1.807) is 6.07 Å². The maximum absolute atomic E-state index is 13.4. The summed E-state index contributed by atoms with van der Waals surface area (Å²) >= 11 is 0. The molecule has 0 atom stereocenters. The SMILES string of the molecule is CCN1/C(=C/C=C2\CC/C(=C\C=C3\N(CC)c4ccc(O)cc4C3(C)C)C2=O)C(C)(C)c2ccccc21. The lowest BCUT2D eigenvalue weighted by Gasteiger charge is -2.26. The van der Waals surface area contributed by atoms with Gasteiger partial charge in [-0.2, -0.15) is 0 Å². The van der Waals surface area contributed by atoms with Crippen LogP contribution in [0.5, 0.6) is 5.75 Å². The number of Topliss-reactive ketones (excluding diaryl/α,β-unsaturated/α-hetero) is 1. The van der Waals surface area contributed by atoms with Gasteiger partial charge < -0.3 is 14.9 Å². The highest BCUT2D eigenvalue weighted by Crippen LogP contribution is 2.49. The molecule has 0 unspecified atom stereocenters. The minimum Gasteiger partial charge on any atom is -0.508 e. The first-order chi connectivity index (χ1) is 17.6. The van der Waals surface area contributed by atoms with E-state index in [1.165, 1.54) is 16.9 Å². The van der Waals surface area contributed by atoms with E-state index in [1.807, 2.05) is 18.2 Å². The summed E-state index contributed by atoms with van der Waals surface area (Å²) in [5.74, 6) is 0.437. The molecule has 0 bridgehead atoms. The molecule has 4 heteroatoms. The monoisotopic (exact) mass is 494 g/mol. The number of benzene rings is 2. The van der Waals surface area contributed by atoms with Gasteiger partial charge in [0.1, 0.15) is 5.75 Å². The van der Waals surface area contributed by atoms with Crippen molar-refractivity contribution < 1.29 is 9.90 Å². The van der Waals surface area contributed by atoms with Gasteiger partial charge >= 0.3 is 0 Å². The zero-order valence-electron chi connectivity index (χ0n) is 22.9. The average Bonchev–Trinajstić information content (AvgIpc) is 3.41. The van der Waals surface area contributed by atoms with Crippen molar-refractivity contribution in [2.24, 2.45) is 0 Å². The molecule has 1 saturated carbocycles. The molecule has 2 heterocycles. The molecule has 1 N–H and O–H groups in total. The molecule has 2 aliphatic heterocycles. The molecule has 1 fully saturated rings. The summed E-state index contributed by atoms with van der Waals surface area (Å²) < 4.78 is 0. The van der Waals surface area contributed by atoms with Gasteiger partial charge in [0.25, 0.3) is 0 Å². The Bertz CT molecular complexity index is 1390.